The molecule has 0 bridgehead atoms. The van der Waals surface area contributed by atoms with E-state index >= 15 is 0 Å². The minimum atomic E-state index is -3.21. The Bertz CT molecular complexity index is 319. The number of piperidine rings is 1. The summed E-state index contributed by atoms with van der Waals surface area (Å²) in [6.07, 6.45) is 2.93. The van der Waals surface area contributed by atoms with E-state index in [0.717, 1.165) is 19.3 Å². The molecule has 0 aromatic rings. The lowest BCUT2D eigenvalue weighted by atomic mass is 9.90. The van der Waals surface area contributed by atoms with Gasteiger partial charge in [-0.2, -0.15) is 4.31 Å². The Morgan fingerprint density at radius 2 is 2.18 bits per heavy atom. The van der Waals surface area contributed by atoms with Crippen LogP contribution in [0.15, 0.2) is 0 Å². The van der Waals surface area contributed by atoms with E-state index in [9.17, 15) is 8.42 Å². The SMILES string of the molecule is CCC1CCN(S(=O)(=O)CCOC)C(CN)C1. The van der Waals surface area contributed by atoms with Crippen molar-refractivity contribution < 1.29 is 13.2 Å². The van der Waals surface area contributed by atoms with E-state index in [-0.39, 0.29) is 18.4 Å². The van der Waals surface area contributed by atoms with Crippen LogP contribution in [0, 0.1) is 5.92 Å². The molecule has 0 aromatic carbocycles. The zero-order chi connectivity index (χ0) is 12.9. The maximum absolute atomic E-state index is 12.1. The van der Waals surface area contributed by atoms with Gasteiger partial charge in [0, 0.05) is 26.2 Å². The standard InChI is InChI=1S/C11H24N2O3S/c1-3-10-4-5-13(11(8-10)9-12)17(14,15)7-6-16-2/h10-11H,3-9,12H2,1-2H3. The topological polar surface area (TPSA) is 72.6 Å². The van der Waals surface area contributed by atoms with Crippen molar-refractivity contribution >= 4 is 10.0 Å². The summed E-state index contributed by atoms with van der Waals surface area (Å²) in [6.45, 7) is 3.40. The molecule has 0 aliphatic carbocycles. The number of sulfonamides is 1. The van der Waals surface area contributed by atoms with Crippen molar-refractivity contribution in [2.75, 3.05) is 32.6 Å². The third-order valence-corrected chi connectivity index (χ3v) is 5.40. The highest BCUT2D eigenvalue weighted by Gasteiger charge is 2.34. The van der Waals surface area contributed by atoms with Crippen LogP contribution in [0.1, 0.15) is 26.2 Å². The highest BCUT2D eigenvalue weighted by Crippen LogP contribution is 2.27. The smallest absolute Gasteiger partial charge is 0.216 e. The Kier molecular flexibility index (Phi) is 5.85. The molecular formula is C11H24N2O3S. The van der Waals surface area contributed by atoms with Gasteiger partial charge < -0.3 is 10.5 Å². The summed E-state index contributed by atoms with van der Waals surface area (Å²) in [5.41, 5.74) is 5.70. The molecule has 1 rings (SSSR count). The van der Waals surface area contributed by atoms with Gasteiger partial charge in [-0.15, -0.1) is 0 Å². The van der Waals surface area contributed by atoms with Crippen molar-refractivity contribution in [3.8, 4) is 0 Å². The molecule has 0 aromatic heterocycles. The molecule has 0 spiro atoms. The molecule has 6 heteroatoms. The second kappa shape index (κ2) is 6.68. The molecule has 1 aliphatic heterocycles. The van der Waals surface area contributed by atoms with Gasteiger partial charge in [0.25, 0.3) is 0 Å². The fraction of sp³-hybridized carbons (Fsp3) is 1.00. The van der Waals surface area contributed by atoms with Gasteiger partial charge in [0.1, 0.15) is 0 Å². The van der Waals surface area contributed by atoms with Crippen LogP contribution in [0.3, 0.4) is 0 Å². The molecule has 0 amide bonds. The molecular weight excluding hydrogens is 240 g/mol. The van der Waals surface area contributed by atoms with E-state index in [1.54, 1.807) is 4.31 Å². The Morgan fingerprint density at radius 3 is 2.71 bits per heavy atom. The predicted octanol–water partition coefficient (Wildman–Crippen LogP) is 0.412. The first-order valence-electron chi connectivity index (χ1n) is 6.23. The molecule has 0 saturated carbocycles. The molecule has 1 saturated heterocycles. The molecule has 17 heavy (non-hydrogen) atoms. The molecule has 2 N–H and O–H groups in total. The molecule has 102 valence electrons. The fourth-order valence-electron chi connectivity index (χ4n) is 2.37. The molecule has 0 radical (unpaired) electrons. The lowest BCUT2D eigenvalue weighted by molar-refractivity contribution is 0.190. The Morgan fingerprint density at radius 1 is 1.47 bits per heavy atom. The Balaban J connectivity index is 2.69. The van der Waals surface area contributed by atoms with Crippen LogP contribution in [0.5, 0.6) is 0 Å². The average molecular weight is 264 g/mol. The lowest BCUT2D eigenvalue weighted by Crippen LogP contribution is -2.50. The average Bonchev–Trinajstić information content (AvgIpc) is 2.35. The van der Waals surface area contributed by atoms with E-state index in [1.165, 1.54) is 7.11 Å². The van der Waals surface area contributed by atoms with Gasteiger partial charge in [-0.1, -0.05) is 13.3 Å². The van der Waals surface area contributed by atoms with Gasteiger partial charge in [-0.3, -0.25) is 0 Å². The van der Waals surface area contributed by atoms with Crippen LogP contribution in [0.25, 0.3) is 0 Å². The lowest BCUT2D eigenvalue weighted by Gasteiger charge is -2.37. The van der Waals surface area contributed by atoms with E-state index in [1.807, 2.05) is 0 Å². The van der Waals surface area contributed by atoms with Crippen LogP contribution >= 0.6 is 0 Å². The third-order valence-electron chi connectivity index (χ3n) is 3.52. The van der Waals surface area contributed by atoms with Crippen LogP contribution in [-0.2, 0) is 14.8 Å². The quantitative estimate of drug-likeness (QED) is 0.754. The summed E-state index contributed by atoms with van der Waals surface area (Å²) in [5, 5.41) is 0. The first kappa shape index (κ1) is 14.9. The van der Waals surface area contributed by atoms with Crippen LogP contribution < -0.4 is 5.73 Å². The zero-order valence-corrected chi connectivity index (χ0v) is 11.6. The van der Waals surface area contributed by atoms with E-state index in [0.29, 0.717) is 19.0 Å². The Labute approximate surface area is 104 Å². The molecule has 2 unspecified atom stereocenters. The molecule has 1 fully saturated rings. The van der Waals surface area contributed by atoms with Gasteiger partial charge in [0.05, 0.1) is 12.4 Å². The van der Waals surface area contributed by atoms with Crippen molar-refractivity contribution in [3.05, 3.63) is 0 Å². The zero-order valence-electron chi connectivity index (χ0n) is 10.8. The number of nitrogens with zero attached hydrogens (tertiary/aromatic N) is 1. The number of rotatable bonds is 6. The van der Waals surface area contributed by atoms with E-state index in [2.05, 4.69) is 6.92 Å². The minimum Gasteiger partial charge on any atom is -0.384 e. The Hall–Kier alpha value is -0.170. The van der Waals surface area contributed by atoms with Crippen molar-refractivity contribution in [3.63, 3.8) is 0 Å². The largest absolute Gasteiger partial charge is 0.384 e. The van der Waals surface area contributed by atoms with Gasteiger partial charge in [-0.05, 0) is 18.8 Å². The summed E-state index contributed by atoms with van der Waals surface area (Å²) in [4.78, 5) is 0. The van der Waals surface area contributed by atoms with Crippen LogP contribution in [0.4, 0.5) is 0 Å². The number of nitrogens with two attached hydrogens (primary N) is 1. The van der Waals surface area contributed by atoms with Crippen molar-refractivity contribution in [1.29, 1.82) is 0 Å². The molecule has 2 atom stereocenters. The predicted molar refractivity (Wildman–Crippen MR) is 68.2 cm³/mol. The number of hydrogen-bond donors (Lipinski definition) is 1. The van der Waals surface area contributed by atoms with Crippen molar-refractivity contribution in [2.45, 2.75) is 32.2 Å². The van der Waals surface area contributed by atoms with E-state index < -0.39 is 10.0 Å². The first-order valence-corrected chi connectivity index (χ1v) is 7.84. The van der Waals surface area contributed by atoms with Crippen molar-refractivity contribution in [2.24, 2.45) is 11.7 Å². The highest BCUT2D eigenvalue weighted by atomic mass is 32.2. The number of methoxy groups -OCH3 is 1. The highest BCUT2D eigenvalue weighted by molar-refractivity contribution is 7.89. The molecule has 1 heterocycles. The van der Waals surface area contributed by atoms with Gasteiger partial charge in [0.2, 0.25) is 10.0 Å². The first-order chi connectivity index (χ1) is 8.05. The maximum atomic E-state index is 12.1. The molecule has 5 nitrogen and oxygen atoms in total. The summed E-state index contributed by atoms with van der Waals surface area (Å²) in [6, 6.07) is -0.0319. The fourth-order valence-corrected chi connectivity index (χ4v) is 3.99. The normalized spacial score (nSPS) is 27.2. The monoisotopic (exact) mass is 264 g/mol. The second-order valence-electron chi connectivity index (χ2n) is 4.61. The summed E-state index contributed by atoms with van der Waals surface area (Å²) in [5.74, 6) is 0.661. The summed E-state index contributed by atoms with van der Waals surface area (Å²) in [7, 11) is -1.70. The van der Waals surface area contributed by atoms with Gasteiger partial charge in [0.15, 0.2) is 0 Å². The van der Waals surface area contributed by atoms with Crippen molar-refractivity contribution in [1.82, 2.24) is 4.31 Å². The summed E-state index contributed by atoms with van der Waals surface area (Å²) >= 11 is 0. The minimum absolute atomic E-state index is 0.0319. The van der Waals surface area contributed by atoms with Gasteiger partial charge in [-0.25, -0.2) is 8.42 Å². The number of hydrogen-bond acceptors (Lipinski definition) is 4. The maximum Gasteiger partial charge on any atom is 0.216 e. The third kappa shape index (κ3) is 3.91. The summed E-state index contributed by atoms with van der Waals surface area (Å²) < 4.78 is 30.6. The van der Waals surface area contributed by atoms with E-state index in [4.69, 9.17) is 10.5 Å². The molecule has 1 aliphatic rings. The van der Waals surface area contributed by atoms with Crippen LogP contribution in [-0.4, -0.2) is 51.3 Å². The van der Waals surface area contributed by atoms with Gasteiger partial charge >= 0.3 is 0 Å². The number of ether oxygens (including phenoxy) is 1. The van der Waals surface area contributed by atoms with Crippen LogP contribution in [0.2, 0.25) is 0 Å². The second-order valence-corrected chi connectivity index (χ2v) is 6.65.